The molecular formula is C15H26N4O. The third-order valence-corrected chi connectivity index (χ3v) is 4.50. The minimum absolute atomic E-state index is 0.0564. The smallest absolute Gasteiger partial charge is 0.240 e. The Morgan fingerprint density at radius 2 is 2.30 bits per heavy atom. The van der Waals surface area contributed by atoms with E-state index in [2.05, 4.69) is 36.1 Å². The summed E-state index contributed by atoms with van der Waals surface area (Å²) in [6, 6.07) is 0.407. The van der Waals surface area contributed by atoms with Crippen molar-refractivity contribution in [1.82, 2.24) is 19.8 Å². The average Bonchev–Trinajstić information content (AvgIpc) is 2.73. The first-order valence-electron chi connectivity index (χ1n) is 7.35. The van der Waals surface area contributed by atoms with E-state index in [4.69, 9.17) is 0 Å². The van der Waals surface area contributed by atoms with Crippen LogP contribution in [0.4, 0.5) is 0 Å². The maximum absolute atomic E-state index is 12.0. The SMILES string of the molecule is Cc1nccn1CC(=O)NC[C@H]1N(C)CCCC1(C)C. The highest BCUT2D eigenvalue weighted by Crippen LogP contribution is 2.33. The fraction of sp³-hybridized carbons (Fsp3) is 0.733. The third kappa shape index (κ3) is 3.39. The third-order valence-electron chi connectivity index (χ3n) is 4.50. The molecule has 0 aliphatic carbocycles. The van der Waals surface area contributed by atoms with Gasteiger partial charge in [0.2, 0.25) is 5.91 Å². The fourth-order valence-electron chi connectivity index (χ4n) is 3.13. The van der Waals surface area contributed by atoms with Crippen molar-refractivity contribution in [2.24, 2.45) is 5.41 Å². The Kier molecular flexibility index (Phi) is 4.48. The monoisotopic (exact) mass is 278 g/mol. The van der Waals surface area contributed by atoms with Gasteiger partial charge in [0.05, 0.1) is 0 Å². The van der Waals surface area contributed by atoms with Gasteiger partial charge in [-0.3, -0.25) is 4.79 Å². The van der Waals surface area contributed by atoms with E-state index in [1.807, 2.05) is 17.7 Å². The van der Waals surface area contributed by atoms with Crippen molar-refractivity contribution in [3.05, 3.63) is 18.2 Å². The van der Waals surface area contributed by atoms with Gasteiger partial charge in [0.15, 0.2) is 0 Å². The zero-order chi connectivity index (χ0) is 14.8. The van der Waals surface area contributed by atoms with E-state index < -0.39 is 0 Å². The number of nitrogens with zero attached hydrogens (tertiary/aromatic N) is 3. The van der Waals surface area contributed by atoms with Crippen molar-refractivity contribution in [3.8, 4) is 0 Å². The number of carbonyl (C=O) groups is 1. The molecule has 1 saturated heterocycles. The Labute approximate surface area is 121 Å². The van der Waals surface area contributed by atoms with Gasteiger partial charge in [0, 0.05) is 25.0 Å². The number of rotatable bonds is 4. The maximum Gasteiger partial charge on any atom is 0.240 e. The van der Waals surface area contributed by atoms with Crippen LogP contribution in [0.5, 0.6) is 0 Å². The van der Waals surface area contributed by atoms with Gasteiger partial charge in [0.25, 0.3) is 0 Å². The van der Waals surface area contributed by atoms with Crippen molar-refractivity contribution in [2.75, 3.05) is 20.1 Å². The lowest BCUT2D eigenvalue weighted by Crippen LogP contribution is -2.53. The van der Waals surface area contributed by atoms with Crippen LogP contribution in [-0.4, -0.2) is 46.5 Å². The highest BCUT2D eigenvalue weighted by Gasteiger charge is 2.35. The minimum Gasteiger partial charge on any atom is -0.353 e. The van der Waals surface area contributed by atoms with Crippen molar-refractivity contribution in [1.29, 1.82) is 0 Å². The second-order valence-electron chi connectivity index (χ2n) is 6.49. The van der Waals surface area contributed by atoms with Crippen LogP contribution in [-0.2, 0) is 11.3 Å². The van der Waals surface area contributed by atoms with Crippen LogP contribution in [0, 0.1) is 12.3 Å². The van der Waals surface area contributed by atoms with E-state index in [1.54, 1.807) is 6.20 Å². The maximum atomic E-state index is 12.0. The van der Waals surface area contributed by atoms with Gasteiger partial charge >= 0.3 is 0 Å². The zero-order valence-electron chi connectivity index (χ0n) is 13.0. The predicted molar refractivity (Wildman–Crippen MR) is 79.4 cm³/mol. The molecule has 5 nitrogen and oxygen atoms in total. The lowest BCUT2D eigenvalue weighted by atomic mass is 9.76. The lowest BCUT2D eigenvalue weighted by molar-refractivity contribution is -0.122. The number of hydrogen-bond acceptors (Lipinski definition) is 3. The molecule has 2 rings (SSSR count). The van der Waals surface area contributed by atoms with Crippen LogP contribution in [0.1, 0.15) is 32.5 Å². The molecule has 2 heterocycles. The van der Waals surface area contributed by atoms with Crippen LogP contribution >= 0.6 is 0 Å². The minimum atomic E-state index is 0.0564. The summed E-state index contributed by atoms with van der Waals surface area (Å²) in [5, 5.41) is 3.07. The number of likely N-dealkylation sites (tertiary alicyclic amines) is 1. The van der Waals surface area contributed by atoms with Gasteiger partial charge in [-0.1, -0.05) is 13.8 Å². The molecule has 1 aliphatic rings. The molecule has 0 bridgehead atoms. The number of nitrogens with one attached hydrogen (secondary N) is 1. The molecule has 5 heteroatoms. The molecule has 1 aromatic rings. The molecule has 0 spiro atoms. The fourth-order valence-corrected chi connectivity index (χ4v) is 3.13. The highest BCUT2D eigenvalue weighted by atomic mass is 16.1. The molecule has 1 aliphatic heterocycles. The molecule has 0 unspecified atom stereocenters. The summed E-state index contributed by atoms with van der Waals surface area (Å²) < 4.78 is 1.87. The summed E-state index contributed by atoms with van der Waals surface area (Å²) in [5.74, 6) is 0.927. The molecular weight excluding hydrogens is 252 g/mol. The van der Waals surface area contributed by atoms with Crippen LogP contribution in [0.25, 0.3) is 0 Å². The van der Waals surface area contributed by atoms with E-state index in [1.165, 1.54) is 12.8 Å². The molecule has 112 valence electrons. The summed E-state index contributed by atoms with van der Waals surface area (Å²) in [4.78, 5) is 18.5. The largest absolute Gasteiger partial charge is 0.353 e. The number of piperidine rings is 1. The summed E-state index contributed by atoms with van der Waals surface area (Å²) in [6.45, 7) is 8.67. The first kappa shape index (κ1) is 15.0. The molecule has 0 saturated carbocycles. The van der Waals surface area contributed by atoms with Crippen LogP contribution in [0.3, 0.4) is 0 Å². The Bertz CT molecular complexity index is 466. The summed E-state index contributed by atoms with van der Waals surface area (Å²) in [5.41, 5.74) is 0.255. The van der Waals surface area contributed by atoms with Crippen LogP contribution in [0.2, 0.25) is 0 Å². The first-order chi connectivity index (χ1) is 9.40. The lowest BCUT2D eigenvalue weighted by Gasteiger charge is -2.45. The number of amides is 1. The van der Waals surface area contributed by atoms with Crippen LogP contribution in [0.15, 0.2) is 12.4 Å². The average molecular weight is 278 g/mol. The van der Waals surface area contributed by atoms with Crippen LogP contribution < -0.4 is 5.32 Å². The number of hydrogen-bond donors (Lipinski definition) is 1. The normalized spacial score (nSPS) is 22.7. The number of imidazole rings is 1. The van der Waals surface area contributed by atoms with Crippen molar-refractivity contribution >= 4 is 5.91 Å². The molecule has 1 atom stereocenters. The number of likely N-dealkylation sites (N-methyl/N-ethyl adjacent to an activating group) is 1. The number of aromatic nitrogens is 2. The molecule has 0 aromatic carbocycles. The van der Waals surface area contributed by atoms with E-state index in [9.17, 15) is 4.79 Å². The Hall–Kier alpha value is -1.36. The summed E-state index contributed by atoms with van der Waals surface area (Å²) >= 11 is 0. The predicted octanol–water partition coefficient (Wildman–Crippen LogP) is 1.43. The standard InChI is InChI=1S/C15H26N4O/c1-12-16-7-9-19(12)11-14(20)17-10-13-15(2,3)6-5-8-18(13)4/h7,9,13H,5-6,8,10-11H2,1-4H3,(H,17,20)/t13-/m1/s1. The van der Waals surface area contributed by atoms with Gasteiger partial charge in [-0.15, -0.1) is 0 Å². The van der Waals surface area contributed by atoms with E-state index in [-0.39, 0.29) is 11.3 Å². The Morgan fingerprint density at radius 3 is 2.90 bits per heavy atom. The Balaban J connectivity index is 1.87. The molecule has 1 aromatic heterocycles. The first-order valence-corrected chi connectivity index (χ1v) is 7.35. The van der Waals surface area contributed by atoms with Gasteiger partial charge in [-0.05, 0) is 38.8 Å². The molecule has 0 radical (unpaired) electrons. The van der Waals surface area contributed by atoms with Crippen molar-refractivity contribution < 1.29 is 4.79 Å². The van der Waals surface area contributed by atoms with E-state index in [0.29, 0.717) is 12.6 Å². The number of aryl methyl sites for hydroxylation is 1. The second kappa shape index (κ2) is 5.95. The van der Waals surface area contributed by atoms with E-state index in [0.717, 1.165) is 18.9 Å². The van der Waals surface area contributed by atoms with Crippen molar-refractivity contribution in [2.45, 2.75) is 46.2 Å². The molecule has 1 N–H and O–H groups in total. The number of carbonyl (C=O) groups excluding carboxylic acids is 1. The molecule has 20 heavy (non-hydrogen) atoms. The Morgan fingerprint density at radius 1 is 1.55 bits per heavy atom. The topological polar surface area (TPSA) is 50.2 Å². The summed E-state index contributed by atoms with van der Waals surface area (Å²) in [7, 11) is 2.15. The van der Waals surface area contributed by atoms with E-state index >= 15 is 0 Å². The molecule has 1 amide bonds. The summed E-state index contributed by atoms with van der Waals surface area (Å²) in [6.07, 6.45) is 6.02. The second-order valence-corrected chi connectivity index (χ2v) is 6.49. The quantitative estimate of drug-likeness (QED) is 0.906. The molecule has 1 fully saturated rings. The van der Waals surface area contributed by atoms with Gasteiger partial charge in [0.1, 0.15) is 12.4 Å². The van der Waals surface area contributed by atoms with Gasteiger partial charge in [-0.2, -0.15) is 0 Å². The van der Waals surface area contributed by atoms with Gasteiger partial charge < -0.3 is 14.8 Å². The zero-order valence-corrected chi connectivity index (χ0v) is 13.0. The van der Waals surface area contributed by atoms with Crippen molar-refractivity contribution in [3.63, 3.8) is 0 Å². The van der Waals surface area contributed by atoms with Gasteiger partial charge in [-0.25, -0.2) is 4.98 Å². The highest BCUT2D eigenvalue weighted by molar-refractivity contribution is 5.75.